The van der Waals surface area contributed by atoms with Crippen molar-refractivity contribution in [3.8, 4) is 0 Å². The first kappa shape index (κ1) is 24.8. The van der Waals surface area contributed by atoms with Crippen molar-refractivity contribution >= 4 is 21.8 Å². The number of aryl methyl sites for hydroxylation is 2. The summed E-state index contributed by atoms with van der Waals surface area (Å²) in [4.78, 5) is 29.9. The Labute approximate surface area is 194 Å². The van der Waals surface area contributed by atoms with Crippen molar-refractivity contribution in [2.45, 2.75) is 43.0 Å². The van der Waals surface area contributed by atoms with Gasteiger partial charge in [-0.25, -0.2) is 13.1 Å². The molecule has 2 heterocycles. The van der Waals surface area contributed by atoms with Crippen LogP contribution in [0.2, 0.25) is 0 Å². The van der Waals surface area contributed by atoms with Crippen molar-refractivity contribution < 1.29 is 18.0 Å². The third kappa shape index (κ3) is 7.08. The van der Waals surface area contributed by atoms with Crippen molar-refractivity contribution in [3.05, 3.63) is 59.9 Å². The summed E-state index contributed by atoms with van der Waals surface area (Å²) in [5.74, 6) is -0.496. The van der Waals surface area contributed by atoms with Crippen LogP contribution in [0.15, 0.2) is 53.7 Å². The van der Waals surface area contributed by atoms with E-state index in [0.29, 0.717) is 32.4 Å². The minimum absolute atomic E-state index is 0.0469. The normalized spacial score (nSPS) is 15.5. The van der Waals surface area contributed by atoms with Gasteiger partial charge in [-0.05, 0) is 63.0 Å². The lowest BCUT2D eigenvalue weighted by Crippen LogP contribution is -2.63. The number of nitrogens with one attached hydrogen (secondary N) is 4. The number of benzene rings is 1. The first-order valence-electron chi connectivity index (χ1n) is 11.1. The molecule has 1 fully saturated rings. The number of hydrogen-bond acceptors (Lipinski definition) is 6. The maximum Gasteiger partial charge on any atom is 0.245 e. The minimum atomic E-state index is -3.65. The van der Waals surface area contributed by atoms with Crippen molar-refractivity contribution in [2.75, 3.05) is 26.2 Å². The van der Waals surface area contributed by atoms with E-state index in [2.05, 4.69) is 25.7 Å². The molecule has 0 atom stereocenters. The van der Waals surface area contributed by atoms with Crippen LogP contribution in [0.5, 0.6) is 0 Å². The first-order valence-corrected chi connectivity index (χ1v) is 12.5. The second-order valence-corrected chi connectivity index (χ2v) is 9.98. The van der Waals surface area contributed by atoms with Crippen molar-refractivity contribution in [2.24, 2.45) is 0 Å². The van der Waals surface area contributed by atoms with Gasteiger partial charge in [0.25, 0.3) is 0 Å². The topological polar surface area (TPSA) is 129 Å². The fraction of sp³-hybridized carbons (Fsp3) is 0.435. The molecular formula is C23H31N5O4S. The number of carbonyl (C=O) groups is 2. The predicted molar refractivity (Wildman–Crippen MR) is 125 cm³/mol. The van der Waals surface area contributed by atoms with Gasteiger partial charge in [0.05, 0.1) is 4.90 Å². The molecule has 33 heavy (non-hydrogen) atoms. The Bertz CT molecular complexity index is 1040. The van der Waals surface area contributed by atoms with E-state index in [-0.39, 0.29) is 36.2 Å². The standard InChI is InChI=1S/C23H31N5O4S/c1-18-4-7-20(8-5-18)33(31,32)27-16-15-26-22(30)23(10-13-24-14-11-23)28-21(29)9-6-19-3-2-12-25-17-19/h2-5,7-8,12,17,24,27H,6,9-11,13-16H2,1H3,(H,26,30)(H,28,29). The molecule has 0 unspecified atom stereocenters. The Kier molecular flexibility index (Phi) is 8.54. The molecular weight excluding hydrogens is 442 g/mol. The highest BCUT2D eigenvalue weighted by Crippen LogP contribution is 2.19. The smallest absolute Gasteiger partial charge is 0.245 e. The lowest BCUT2D eigenvalue weighted by Gasteiger charge is -2.37. The summed E-state index contributed by atoms with van der Waals surface area (Å²) in [7, 11) is -3.65. The number of sulfonamides is 1. The Balaban J connectivity index is 1.52. The van der Waals surface area contributed by atoms with Crippen LogP contribution >= 0.6 is 0 Å². The van der Waals surface area contributed by atoms with Gasteiger partial charge in [-0.15, -0.1) is 0 Å². The van der Waals surface area contributed by atoms with E-state index >= 15 is 0 Å². The Morgan fingerprint density at radius 2 is 1.82 bits per heavy atom. The average molecular weight is 474 g/mol. The van der Waals surface area contributed by atoms with Crippen molar-refractivity contribution in [3.63, 3.8) is 0 Å². The van der Waals surface area contributed by atoms with Gasteiger partial charge in [0, 0.05) is 31.9 Å². The van der Waals surface area contributed by atoms with E-state index in [0.717, 1.165) is 11.1 Å². The largest absolute Gasteiger partial charge is 0.353 e. The predicted octanol–water partition coefficient (Wildman–Crippen LogP) is 0.656. The molecule has 1 aliphatic rings. The molecule has 2 amide bonds. The first-order chi connectivity index (χ1) is 15.8. The van der Waals surface area contributed by atoms with Crippen LogP contribution < -0.4 is 20.7 Å². The molecule has 3 rings (SSSR count). The minimum Gasteiger partial charge on any atom is -0.353 e. The SMILES string of the molecule is Cc1ccc(S(=O)(=O)NCCNC(=O)C2(NC(=O)CCc3cccnc3)CCNCC2)cc1. The van der Waals surface area contributed by atoms with Crippen LogP contribution in [0.25, 0.3) is 0 Å². The van der Waals surface area contributed by atoms with Crippen LogP contribution in [-0.4, -0.2) is 56.9 Å². The van der Waals surface area contributed by atoms with Gasteiger partial charge in [-0.2, -0.15) is 0 Å². The van der Waals surface area contributed by atoms with Gasteiger partial charge in [-0.3, -0.25) is 14.6 Å². The molecule has 2 aromatic rings. The lowest BCUT2D eigenvalue weighted by molar-refractivity contribution is -0.134. The molecule has 1 aromatic carbocycles. The zero-order valence-corrected chi connectivity index (χ0v) is 19.6. The molecule has 0 bridgehead atoms. The number of hydrogen-bond donors (Lipinski definition) is 4. The van der Waals surface area contributed by atoms with Crippen LogP contribution in [-0.2, 0) is 26.0 Å². The van der Waals surface area contributed by atoms with E-state index in [1.165, 1.54) is 0 Å². The van der Waals surface area contributed by atoms with Gasteiger partial charge in [-0.1, -0.05) is 23.8 Å². The number of piperidine rings is 1. The van der Waals surface area contributed by atoms with Crippen molar-refractivity contribution in [1.82, 2.24) is 25.7 Å². The molecule has 9 nitrogen and oxygen atoms in total. The summed E-state index contributed by atoms with van der Waals surface area (Å²) in [5.41, 5.74) is 0.917. The van der Waals surface area contributed by atoms with Crippen LogP contribution in [0.3, 0.4) is 0 Å². The summed E-state index contributed by atoms with van der Waals surface area (Å²) in [5, 5.41) is 8.93. The summed E-state index contributed by atoms with van der Waals surface area (Å²) < 4.78 is 27.3. The molecule has 0 radical (unpaired) electrons. The number of nitrogens with zero attached hydrogens (tertiary/aromatic N) is 1. The summed E-state index contributed by atoms with van der Waals surface area (Å²) in [6, 6.07) is 10.3. The molecule has 4 N–H and O–H groups in total. The van der Waals surface area contributed by atoms with E-state index in [9.17, 15) is 18.0 Å². The van der Waals surface area contributed by atoms with E-state index in [1.54, 1.807) is 36.7 Å². The molecule has 1 aliphatic heterocycles. The maximum atomic E-state index is 13.0. The molecule has 1 saturated heterocycles. The summed E-state index contributed by atoms with van der Waals surface area (Å²) in [6.45, 7) is 3.26. The number of carbonyl (C=O) groups excluding carboxylic acids is 2. The summed E-state index contributed by atoms with van der Waals surface area (Å²) in [6.07, 6.45) is 5.12. The second-order valence-electron chi connectivity index (χ2n) is 8.21. The van der Waals surface area contributed by atoms with Gasteiger partial charge in [0.2, 0.25) is 21.8 Å². The zero-order chi connectivity index (χ0) is 23.7. The number of amides is 2. The van der Waals surface area contributed by atoms with E-state index < -0.39 is 15.6 Å². The highest BCUT2D eigenvalue weighted by atomic mass is 32.2. The number of pyridine rings is 1. The van der Waals surface area contributed by atoms with E-state index in [1.807, 2.05) is 19.1 Å². The Morgan fingerprint density at radius 1 is 1.09 bits per heavy atom. The third-order valence-electron chi connectivity index (χ3n) is 5.67. The highest BCUT2D eigenvalue weighted by molar-refractivity contribution is 7.89. The fourth-order valence-corrected chi connectivity index (χ4v) is 4.76. The highest BCUT2D eigenvalue weighted by Gasteiger charge is 2.40. The quantitative estimate of drug-likeness (QED) is 0.375. The van der Waals surface area contributed by atoms with Crippen LogP contribution in [0.1, 0.15) is 30.4 Å². The van der Waals surface area contributed by atoms with Crippen molar-refractivity contribution in [1.29, 1.82) is 0 Å². The molecule has 0 aliphatic carbocycles. The molecule has 1 aromatic heterocycles. The fourth-order valence-electron chi connectivity index (χ4n) is 3.73. The monoisotopic (exact) mass is 473 g/mol. The Hall–Kier alpha value is -2.82. The van der Waals surface area contributed by atoms with E-state index in [4.69, 9.17) is 0 Å². The molecule has 178 valence electrons. The maximum absolute atomic E-state index is 13.0. The van der Waals surface area contributed by atoms with Crippen LogP contribution in [0.4, 0.5) is 0 Å². The molecule has 10 heteroatoms. The molecule has 0 saturated carbocycles. The van der Waals surface area contributed by atoms with Gasteiger partial charge >= 0.3 is 0 Å². The van der Waals surface area contributed by atoms with Gasteiger partial charge in [0.15, 0.2) is 0 Å². The van der Waals surface area contributed by atoms with Crippen LogP contribution in [0, 0.1) is 6.92 Å². The number of rotatable bonds is 10. The Morgan fingerprint density at radius 3 is 2.48 bits per heavy atom. The zero-order valence-electron chi connectivity index (χ0n) is 18.8. The third-order valence-corrected chi connectivity index (χ3v) is 7.14. The van der Waals surface area contributed by atoms with Gasteiger partial charge < -0.3 is 16.0 Å². The molecule has 0 spiro atoms. The second kappa shape index (κ2) is 11.4. The van der Waals surface area contributed by atoms with Gasteiger partial charge in [0.1, 0.15) is 5.54 Å². The average Bonchev–Trinajstić information content (AvgIpc) is 2.82. The summed E-state index contributed by atoms with van der Waals surface area (Å²) >= 11 is 0. The number of aromatic nitrogens is 1. The lowest BCUT2D eigenvalue weighted by atomic mass is 9.87.